The van der Waals surface area contributed by atoms with E-state index in [4.69, 9.17) is 0 Å². The molecule has 4 nitrogen and oxygen atoms in total. The monoisotopic (exact) mass is 327 g/mol. The third-order valence-electron chi connectivity index (χ3n) is 2.90. The molecule has 2 aromatic heterocycles. The molecule has 0 bridgehead atoms. The van der Waals surface area contributed by atoms with Gasteiger partial charge in [0.15, 0.2) is 5.82 Å². The van der Waals surface area contributed by atoms with Crippen LogP contribution in [0.2, 0.25) is 0 Å². The third-order valence-corrected chi connectivity index (χ3v) is 4.40. The Morgan fingerprint density at radius 3 is 2.77 bits per heavy atom. The number of amides is 1. The molecule has 0 fully saturated rings. The van der Waals surface area contributed by atoms with Gasteiger partial charge in [0.2, 0.25) is 11.0 Å². The number of hydrogen-bond donors (Lipinski definition) is 1. The van der Waals surface area contributed by atoms with E-state index in [0.717, 1.165) is 10.4 Å². The van der Waals surface area contributed by atoms with Gasteiger partial charge in [0.05, 0.1) is 4.88 Å². The van der Waals surface area contributed by atoms with Gasteiger partial charge in [-0.25, -0.2) is 0 Å². The molecule has 0 aliphatic heterocycles. The number of nitrogens with zero attached hydrogens (tertiary/aromatic N) is 2. The number of thiophene rings is 1. The molecule has 1 N–H and O–H groups in total. The molecule has 0 atom stereocenters. The first-order chi connectivity index (χ1) is 10.7. The number of aryl methyl sites for hydroxylation is 1. The van der Waals surface area contributed by atoms with Gasteiger partial charge < -0.3 is 0 Å². The summed E-state index contributed by atoms with van der Waals surface area (Å²) in [4.78, 5) is 17.2. The summed E-state index contributed by atoms with van der Waals surface area (Å²) in [5, 5.41) is 5.20. The molecule has 0 saturated carbocycles. The number of benzene rings is 1. The lowest BCUT2D eigenvalue weighted by Gasteiger charge is -1.96. The second-order valence-corrected chi connectivity index (χ2v) is 6.33. The Morgan fingerprint density at radius 2 is 2.05 bits per heavy atom. The Morgan fingerprint density at radius 1 is 1.23 bits per heavy atom. The molecule has 0 aliphatic carbocycles. The molecule has 0 spiro atoms. The van der Waals surface area contributed by atoms with Gasteiger partial charge in [-0.1, -0.05) is 35.9 Å². The average molecular weight is 327 g/mol. The number of aromatic nitrogens is 2. The largest absolute Gasteiger partial charge is 0.297 e. The zero-order chi connectivity index (χ0) is 15.4. The highest BCUT2D eigenvalue weighted by atomic mass is 32.1. The number of anilines is 1. The highest BCUT2D eigenvalue weighted by molar-refractivity contribution is 7.14. The molecule has 3 aromatic rings. The smallest absolute Gasteiger partial charge is 0.250 e. The first-order valence-corrected chi connectivity index (χ1v) is 8.29. The van der Waals surface area contributed by atoms with Crippen LogP contribution >= 0.6 is 22.9 Å². The van der Waals surface area contributed by atoms with Crippen LogP contribution < -0.4 is 5.32 Å². The van der Waals surface area contributed by atoms with Crippen LogP contribution in [0, 0.1) is 6.92 Å². The maximum atomic E-state index is 11.9. The van der Waals surface area contributed by atoms with Gasteiger partial charge in [-0.15, -0.1) is 11.3 Å². The molecule has 2 heterocycles. The van der Waals surface area contributed by atoms with E-state index in [-0.39, 0.29) is 5.91 Å². The second kappa shape index (κ2) is 6.64. The quantitative estimate of drug-likeness (QED) is 0.730. The lowest BCUT2D eigenvalue weighted by molar-refractivity contribution is -0.111. The van der Waals surface area contributed by atoms with E-state index < -0.39 is 0 Å². The normalized spacial score (nSPS) is 11.0. The standard InChI is InChI=1S/C16H13N3OS2/c1-11-4-6-12(7-5-11)8-9-14(20)17-16-18-15(19-22-16)13-3-2-10-21-13/h2-10H,1H3,(H,17,18,19,20). The fraction of sp³-hybridized carbons (Fsp3) is 0.0625. The number of hydrogen-bond acceptors (Lipinski definition) is 5. The highest BCUT2D eigenvalue weighted by Crippen LogP contribution is 2.24. The fourth-order valence-electron chi connectivity index (χ4n) is 1.78. The first kappa shape index (κ1) is 14.6. The molecule has 1 amide bonds. The molecular formula is C16H13N3OS2. The van der Waals surface area contributed by atoms with Gasteiger partial charge in [-0.3, -0.25) is 10.1 Å². The lowest BCUT2D eigenvalue weighted by atomic mass is 10.1. The number of carbonyl (C=O) groups excluding carboxylic acids is 1. The summed E-state index contributed by atoms with van der Waals surface area (Å²) in [7, 11) is 0. The van der Waals surface area contributed by atoms with Crippen LogP contribution in [0.15, 0.2) is 47.9 Å². The van der Waals surface area contributed by atoms with E-state index in [1.807, 2.05) is 48.7 Å². The summed E-state index contributed by atoms with van der Waals surface area (Å²) in [6.07, 6.45) is 3.27. The zero-order valence-electron chi connectivity index (χ0n) is 11.8. The van der Waals surface area contributed by atoms with Gasteiger partial charge in [0.1, 0.15) is 0 Å². The molecule has 0 saturated heterocycles. The van der Waals surface area contributed by atoms with Crippen LogP contribution in [0.25, 0.3) is 16.8 Å². The molecule has 0 aliphatic rings. The van der Waals surface area contributed by atoms with Crippen molar-refractivity contribution in [2.24, 2.45) is 0 Å². The summed E-state index contributed by atoms with van der Waals surface area (Å²) < 4.78 is 4.24. The molecule has 22 heavy (non-hydrogen) atoms. The summed E-state index contributed by atoms with van der Waals surface area (Å²) in [5.74, 6) is 0.437. The van der Waals surface area contributed by atoms with Crippen molar-refractivity contribution in [1.82, 2.24) is 9.36 Å². The topological polar surface area (TPSA) is 54.9 Å². The number of nitrogens with one attached hydrogen (secondary N) is 1. The average Bonchev–Trinajstić information content (AvgIpc) is 3.17. The minimum absolute atomic E-state index is 0.213. The summed E-state index contributed by atoms with van der Waals surface area (Å²) >= 11 is 2.75. The minimum Gasteiger partial charge on any atom is -0.297 e. The minimum atomic E-state index is -0.213. The number of rotatable bonds is 4. The predicted octanol–water partition coefficient (Wildman–Crippen LogP) is 4.23. The molecule has 0 radical (unpaired) electrons. The molecule has 6 heteroatoms. The molecule has 1 aromatic carbocycles. The van der Waals surface area contributed by atoms with E-state index in [1.165, 1.54) is 23.2 Å². The van der Waals surface area contributed by atoms with Crippen molar-refractivity contribution in [3.63, 3.8) is 0 Å². The van der Waals surface area contributed by atoms with Crippen LogP contribution in [-0.4, -0.2) is 15.3 Å². The Labute approximate surface area is 136 Å². The van der Waals surface area contributed by atoms with E-state index in [9.17, 15) is 4.79 Å². The van der Waals surface area contributed by atoms with Crippen LogP contribution in [0.4, 0.5) is 5.13 Å². The van der Waals surface area contributed by atoms with Crippen molar-refractivity contribution in [1.29, 1.82) is 0 Å². The second-order valence-electron chi connectivity index (χ2n) is 4.63. The van der Waals surface area contributed by atoms with Gasteiger partial charge in [-0.2, -0.15) is 9.36 Å². The van der Waals surface area contributed by atoms with E-state index >= 15 is 0 Å². The predicted molar refractivity (Wildman–Crippen MR) is 92.1 cm³/mol. The molecule has 110 valence electrons. The van der Waals surface area contributed by atoms with Crippen molar-refractivity contribution in [2.45, 2.75) is 6.92 Å². The maximum absolute atomic E-state index is 11.9. The SMILES string of the molecule is Cc1ccc(C=CC(=O)Nc2nc(-c3cccs3)ns2)cc1. The van der Waals surface area contributed by atoms with Crippen molar-refractivity contribution >= 4 is 40.0 Å². The van der Waals surface area contributed by atoms with Crippen LogP contribution in [0.1, 0.15) is 11.1 Å². The number of carbonyl (C=O) groups is 1. The maximum Gasteiger partial charge on any atom is 0.250 e. The Balaban J connectivity index is 1.63. The van der Waals surface area contributed by atoms with Gasteiger partial charge in [0, 0.05) is 17.6 Å². The highest BCUT2D eigenvalue weighted by Gasteiger charge is 2.08. The first-order valence-electron chi connectivity index (χ1n) is 6.64. The summed E-state index contributed by atoms with van der Waals surface area (Å²) in [6, 6.07) is 11.9. The molecule has 3 rings (SSSR count). The van der Waals surface area contributed by atoms with E-state index in [1.54, 1.807) is 17.4 Å². The molecular weight excluding hydrogens is 314 g/mol. The third kappa shape index (κ3) is 3.66. The van der Waals surface area contributed by atoms with E-state index in [0.29, 0.717) is 11.0 Å². The van der Waals surface area contributed by atoms with Crippen molar-refractivity contribution in [2.75, 3.05) is 5.32 Å². The Hall–Kier alpha value is -2.31. The Bertz CT molecular complexity index is 789. The molecule has 0 unspecified atom stereocenters. The van der Waals surface area contributed by atoms with Crippen LogP contribution in [0.5, 0.6) is 0 Å². The Kier molecular flexibility index (Phi) is 4.41. The van der Waals surface area contributed by atoms with Gasteiger partial charge in [-0.05, 0) is 30.0 Å². The zero-order valence-corrected chi connectivity index (χ0v) is 13.4. The summed E-state index contributed by atoms with van der Waals surface area (Å²) in [5.41, 5.74) is 2.17. The van der Waals surface area contributed by atoms with Gasteiger partial charge >= 0.3 is 0 Å². The van der Waals surface area contributed by atoms with Crippen molar-refractivity contribution in [3.05, 3.63) is 59.0 Å². The van der Waals surface area contributed by atoms with Crippen molar-refractivity contribution in [3.8, 4) is 10.7 Å². The van der Waals surface area contributed by atoms with Crippen LogP contribution in [0.3, 0.4) is 0 Å². The fourth-order valence-corrected chi connectivity index (χ4v) is 3.08. The van der Waals surface area contributed by atoms with Crippen molar-refractivity contribution < 1.29 is 4.79 Å². The van der Waals surface area contributed by atoms with Crippen LogP contribution in [-0.2, 0) is 4.79 Å². The lowest BCUT2D eigenvalue weighted by Crippen LogP contribution is -2.07. The summed E-state index contributed by atoms with van der Waals surface area (Å²) in [6.45, 7) is 2.03. The van der Waals surface area contributed by atoms with Gasteiger partial charge in [0.25, 0.3) is 0 Å². The van der Waals surface area contributed by atoms with E-state index in [2.05, 4.69) is 14.7 Å².